The number of rotatable bonds is 3. The van der Waals surface area contributed by atoms with Crippen LogP contribution < -0.4 is 4.74 Å². The summed E-state index contributed by atoms with van der Waals surface area (Å²) < 4.78 is 5.15. The maximum atomic E-state index is 8.90. The Kier molecular flexibility index (Phi) is 4.08. The van der Waals surface area contributed by atoms with E-state index in [9.17, 15) is 0 Å². The molecular weight excluding hydrogens is 268 g/mol. The van der Waals surface area contributed by atoms with E-state index in [4.69, 9.17) is 21.6 Å². The largest absolute Gasteiger partial charge is 0.497 e. The number of ether oxygens (including phenoxy) is 1. The van der Waals surface area contributed by atoms with E-state index in [0.29, 0.717) is 15.6 Å². The van der Waals surface area contributed by atoms with Gasteiger partial charge in [0, 0.05) is 11.1 Å². The van der Waals surface area contributed by atoms with Crippen LogP contribution in [-0.2, 0) is 0 Å². The lowest BCUT2D eigenvalue weighted by Gasteiger charge is -2.05. The summed E-state index contributed by atoms with van der Waals surface area (Å²) in [6.45, 7) is 0. The molecule has 2 rings (SSSR count). The summed E-state index contributed by atoms with van der Waals surface area (Å²) in [5.41, 5.74) is 0.428. The fourth-order valence-electron chi connectivity index (χ4n) is 1.36. The number of nitrogens with zero attached hydrogens (tertiary/aromatic N) is 2. The van der Waals surface area contributed by atoms with Crippen LogP contribution in [0.3, 0.4) is 0 Å². The van der Waals surface area contributed by atoms with Crippen LogP contribution in [0.15, 0.2) is 46.5 Å². The summed E-state index contributed by atoms with van der Waals surface area (Å²) in [5, 5.41) is 9.90. The second kappa shape index (κ2) is 5.76. The molecular formula is C13H9ClN2OS. The molecule has 0 saturated heterocycles. The van der Waals surface area contributed by atoms with Crippen LogP contribution in [0.4, 0.5) is 0 Å². The Hall–Kier alpha value is -1.70. The van der Waals surface area contributed by atoms with Crippen LogP contribution in [-0.4, -0.2) is 12.1 Å². The molecule has 0 aliphatic rings. The van der Waals surface area contributed by atoms with Crippen LogP contribution in [0, 0.1) is 11.3 Å². The van der Waals surface area contributed by atoms with E-state index in [1.807, 2.05) is 30.3 Å². The Morgan fingerprint density at radius 2 is 2.22 bits per heavy atom. The van der Waals surface area contributed by atoms with Gasteiger partial charge in [-0.3, -0.25) is 0 Å². The maximum Gasteiger partial charge on any atom is 0.121 e. The number of methoxy groups -OCH3 is 1. The molecule has 5 heteroatoms. The minimum Gasteiger partial charge on any atom is -0.497 e. The lowest BCUT2D eigenvalue weighted by molar-refractivity contribution is 0.413. The van der Waals surface area contributed by atoms with E-state index in [1.54, 1.807) is 19.4 Å². The Morgan fingerprint density at radius 3 is 2.94 bits per heavy atom. The topological polar surface area (TPSA) is 45.9 Å². The molecule has 0 N–H and O–H groups in total. The van der Waals surface area contributed by atoms with Gasteiger partial charge in [0.15, 0.2) is 0 Å². The van der Waals surface area contributed by atoms with Crippen LogP contribution in [0.2, 0.25) is 5.02 Å². The molecule has 90 valence electrons. The first-order chi connectivity index (χ1) is 8.74. The van der Waals surface area contributed by atoms with Crippen molar-refractivity contribution >= 4 is 23.4 Å². The van der Waals surface area contributed by atoms with Crippen molar-refractivity contribution in [3.05, 3.63) is 47.1 Å². The third kappa shape index (κ3) is 2.76. The summed E-state index contributed by atoms with van der Waals surface area (Å²) in [7, 11) is 1.62. The Labute approximate surface area is 114 Å². The van der Waals surface area contributed by atoms with E-state index in [1.165, 1.54) is 11.8 Å². The van der Waals surface area contributed by atoms with Gasteiger partial charge in [-0.25, -0.2) is 4.98 Å². The van der Waals surface area contributed by atoms with Gasteiger partial charge in [-0.15, -0.1) is 0 Å². The highest BCUT2D eigenvalue weighted by atomic mass is 35.5. The van der Waals surface area contributed by atoms with Gasteiger partial charge in [0.25, 0.3) is 0 Å². The van der Waals surface area contributed by atoms with Crippen molar-refractivity contribution in [1.82, 2.24) is 4.98 Å². The van der Waals surface area contributed by atoms with Crippen molar-refractivity contribution in [3.8, 4) is 11.8 Å². The zero-order chi connectivity index (χ0) is 13.0. The molecule has 0 amide bonds. The lowest BCUT2D eigenvalue weighted by Crippen LogP contribution is -1.86. The molecule has 18 heavy (non-hydrogen) atoms. The van der Waals surface area contributed by atoms with E-state index in [2.05, 4.69) is 4.98 Å². The number of nitriles is 1. The average molecular weight is 277 g/mol. The molecule has 0 bridgehead atoms. The molecule has 0 aliphatic carbocycles. The smallest absolute Gasteiger partial charge is 0.121 e. The molecule has 1 heterocycles. The third-order valence-electron chi connectivity index (χ3n) is 2.23. The molecule has 0 aliphatic heterocycles. The minimum atomic E-state index is 0.382. The Balaban J connectivity index is 2.31. The van der Waals surface area contributed by atoms with Gasteiger partial charge >= 0.3 is 0 Å². The van der Waals surface area contributed by atoms with Gasteiger partial charge in [0.05, 0.1) is 17.7 Å². The molecule has 1 aromatic heterocycles. The Bertz CT molecular complexity index is 610. The molecule has 0 unspecified atom stereocenters. The van der Waals surface area contributed by atoms with Gasteiger partial charge in [-0.05, 0) is 24.3 Å². The van der Waals surface area contributed by atoms with Crippen molar-refractivity contribution in [1.29, 1.82) is 5.26 Å². The van der Waals surface area contributed by atoms with Gasteiger partial charge in [-0.2, -0.15) is 5.26 Å². The summed E-state index contributed by atoms with van der Waals surface area (Å²) in [4.78, 5) is 5.13. The number of benzene rings is 1. The van der Waals surface area contributed by atoms with E-state index >= 15 is 0 Å². The first kappa shape index (κ1) is 12.7. The minimum absolute atomic E-state index is 0.382. The zero-order valence-electron chi connectivity index (χ0n) is 9.55. The fourth-order valence-corrected chi connectivity index (χ4v) is 2.49. The van der Waals surface area contributed by atoms with Gasteiger partial charge in [-0.1, -0.05) is 29.4 Å². The highest BCUT2D eigenvalue weighted by molar-refractivity contribution is 7.99. The standard InChI is InChI=1S/C13H9ClN2OS/c1-17-10-3-2-4-11(7-10)18-13-12(14)9(8-15)5-6-16-13/h2-7H,1H3. The molecule has 3 nitrogen and oxygen atoms in total. The monoisotopic (exact) mass is 276 g/mol. The molecule has 1 aromatic carbocycles. The van der Waals surface area contributed by atoms with Crippen molar-refractivity contribution in [2.45, 2.75) is 9.92 Å². The quantitative estimate of drug-likeness (QED) is 0.856. The van der Waals surface area contributed by atoms with Crippen molar-refractivity contribution in [3.63, 3.8) is 0 Å². The maximum absolute atomic E-state index is 8.90. The molecule has 0 atom stereocenters. The van der Waals surface area contributed by atoms with Crippen molar-refractivity contribution < 1.29 is 4.74 Å². The first-order valence-corrected chi connectivity index (χ1v) is 6.30. The second-order valence-electron chi connectivity index (χ2n) is 3.37. The van der Waals surface area contributed by atoms with E-state index in [-0.39, 0.29) is 0 Å². The summed E-state index contributed by atoms with van der Waals surface area (Å²) in [6, 6.07) is 11.2. The summed E-state index contributed by atoms with van der Waals surface area (Å²) >= 11 is 7.49. The van der Waals surface area contributed by atoms with Gasteiger partial charge < -0.3 is 4.74 Å². The molecule has 0 fully saturated rings. The predicted octanol–water partition coefficient (Wildman–Crippen LogP) is 3.77. The summed E-state index contributed by atoms with van der Waals surface area (Å²) in [5.74, 6) is 0.771. The molecule has 0 radical (unpaired) electrons. The average Bonchev–Trinajstić information content (AvgIpc) is 2.41. The molecule has 2 aromatic rings. The van der Waals surface area contributed by atoms with Crippen LogP contribution in [0.25, 0.3) is 0 Å². The number of pyridine rings is 1. The van der Waals surface area contributed by atoms with Gasteiger partial charge in [0.2, 0.25) is 0 Å². The number of hydrogen-bond acceptors (Lipinski definition) is 4. The normalized spacial score (nSPS) is 9.83. The van der Waals surface area contributed by atoms with E-state index in [0.717, 1.165) is 10.6 Å². The highest BCUT2D eigenvalue weighted by Crippen LogP contribution is 2.34. The second-order valence-corrected chi connectivity index (χ2v) is 4.81. The van der Waals surface area contributed by atoms with Gasteiger partial charge in [0.1, 0.15) is 16.8 Å². The van der Waals surface area contributed by atoms with E-state index < -0.39 is 0 Å². The van der Waals surface area contributed by atoms with Crippen LogP contribution in [0.5, 0.6) is 5.75 Å². The number of aromatic nitrogens is 1. The Morgan fingerprint density at radius 1 is 1.39 bits per heavy atom. The highest BCUT2D eigenvalue weighted by Gasteiger charge is 2.09. The molecule has 0 saturated carbocycles. The number of hydrogen-bond donors (Lipinski definition) is 0. The SMILES string of the molecule is COc1cccc(Sc2nccc(C#N)c2Cl)c1. The van der Waals surface area contributed by atoms with Crippen molar-refractivity contribution in [2.24, 2.45) is 0 Å². The zero-order valence-corrected chi connectivity index (χ0v) is 11.1. The lowest BCUT2D eigenvalue weighted by atomic mass is 10.3. The van der Waals surface area contributed by atoms with Crippen LogP contribution in [0.1, 0.15) is 5.56 Å². The molecule has 0 spiro atoms. The number of halogens is 1. The van der Waals surface area contributed by atoms with Crippen LogP contribution >= 0.6 is 23.4 Å². The first-order valence-electron chi connectivity index (χ1n) is 5.11. The summed E-state index contributed by atoms with van der Waals surface area (Å²) in [6.07, 6.45) is 1.58. The third-order valence-corrected chi connectivity index (χ3v) is 3.72. The van der Waals surface area contributed by atoms with Crippen molar-refractivity contribution in [2.75, 3.05) is 7.11 Å². The fraction of sp³-hybridized carbons (Fsp3) is 0.0769. The predicted molar refractivity (Wildman–Crippen MR) is 71.1 cm³/mol.